The molecule has 0 aliphatic rings. The molecule has 1 aromatic carbocycles. The number of anilines is 2. The summed E-state index contributed by atoms with van der Waals surface area (Å²) >= 11 is 3.36. The number of nitrogens with two attached hydrogens (primary N) is 1. The maximum absolute atomic E-state index is 12.3. The van der Waals surface area contributed by atoms with E-state index >= 15 is 0 Å². The molecule has 0 aliphatic heterocycles. The molecular weight excluding hydrogens is 322 g/mol. The Hall–Kier alpha value is -2.41. The first-order chi connectivity index (χ1) is 9.65. The fraction of sp³-hybridized carbons (Fsp3) is 0. The molecule has 0 saturated heterocycles. The van der Waals surface area contributed by atoms with Gasteiger partial charge >= 0.3 is 0 Å². The number of amides is 1. The van der Waals surface area contributed by atoms with E-state index in [0.29, 0.717) is 22.5 Å². The summed E-state index contributed by atoms with van der Waals surface area (Å²) in [5.74, 6) is -0.251. The third-order valence-corrected chi connectivity index (χ3v) is 3.47. The van der Waals surface area contributed by atoms with Gasteiger partial charge in [0.25, 0.3) is 5.91 Å². The summed E-state index contributed by atoms with van der Waals surface area (Å²) < 4.78 is 2.32. The van der Waals surface area contributed by atoms with Crippen LogP contribution < -0.4 is 11.1 Å². The number of aromatic nitrogens is 3. The summed E-state index contributed by atoms with van der Waals surface area (Å²) in [6.07, 6.45) is 6.40. The van der Waals surface area contributed by atoms with Gasteiger partial charge in [0.2, 0.25) is 0 Å². The first-order valence-electron chi connectivity index (χ1n) is 5.79. The first kappa shape index (κ1) is 12.6. The Balaban J connectivity index is 1.93. The van der Waals surface area contributed by atoms with Gasteiger partial charge in [0, 0.05) is 22.6 Å². The minimum Gasteiger partial charge on any atom is -0.399 e. The van der Waals surface area contributed by atoms with Gasteiger partial charge in [0.15, 0.2) is 0 Å². The highest BCUT2D eigenvalue weighted by Gasteiger charge is 2.14. The lowest BCUT2D eigenvalue weighted by molar-refractivity contribution is 0.102. The van der Waals surface area contributed by atoms with Crippen molar-refractivity contribution in [2.24, 2.45) is 0 Å². The zero-order chi connectivity index (χ0) is 14.1. The van der Waals surface area contributed by atoms with Gasteiger partial charge in [0.05, 0.1) is 29.2 Å². The largest absolute Gasteiger partial charge is 0.399 e. The van der Waals surface area contributed by atoms with Crippen LogP contribution in [0.5, 0.6) is 0 Å². The summed E-state index contributed by atoms with van der Waals surface area (Å²) in [6.45, 7) is 0. The predicted octanol–water partition coefficient (Wildman–Crippen LogP) is 2.33. The van der Waals surface area contributed by atoms with E-state index in [1.54, 1.807) is 41.3 Å². The van der Waals surface area contributed by atoms with Crippen LogP contribution in [-0.2, 0) is 0 Å². The fourth-order valence-corrected chi connectivity index (χ4v) is 2.33. The summed E-state index contributed by atoms with van der Waals surface area (Å²) in [5.41, 5.74) is 8.04. The number of nitrogens with one attached hydrogen (secondary N) is 1. The van der Waals surface area contributed by atoms with E-state index in [1.165, 1.54) is 6.20 Å². The highest BCUT2D eigenvalue weighted by Crippen LogP contribution is 2.25. The van der Waals surface area contributed by atoms with Crippen molar-refractivity contribution in [1.29, 1.82) is 0 Å². The summed E-state index contributed by atoms with van der Waals surface area (Å²) in [6, 6.07) is 5.19. The Bertz CT molecular complexity index is 798. The minimum atomic E-state index is -0.251. The van der Waals surface area contributed by atoms with E-state index < -0.39 is 0 Å². The second-order valence-corrected chi connectivity index (χ2v) is 5.01. The Labute approximate surface area is 122 Å². The van der Waals surface area contributed by atoms with Gasteiger partial charge in [-0.2, -0.15) is 5.10 Å². The molecule has 3 rings (SSSR count). The van der Waals surface area contributed by atoms with Gasteiger partial charge in [-0.25, -0.2) is 4.52 Å². The number of hydrogen-bond acceptors (Lipinski definition) is 4. The molecule has 2 heterocycles. The van der Waals surface area contributed by atoms with Crippen LogP contribution in [0.1, 0.15) is 10.4 Å². The van der Waals surface area contributed by atoms with Crippen LogP contribution in [0.2, 0.25) is 0 Å². The van der Waals surface area contributed by atoms with Gasteiger partial charge in [0.1, 0.15) is 0 Å². The summed E-state index contributed by atoms with van der Waals surface area (Å²) in [4.78, 5) is 16.3. The number of benzene rings is 1. The van der Waals surface area contributed by atoms with Gasteiger partial charge in [-0.05, 0) is 34.1 Å². The van der Waals surface area contributed by atoms with Crippen molar-refractivity contribution in [3.8, 4) is 0 Å². The molecule has 0 bridgehead atoms. The minimum absolute atomic E-state index is 0.251. The maximum atomic E-state index is 12.3. The molecule has 3 aromatic rings. The van der Waals surface area contributed by atoms with E-state index in [1.807, 2.05) is 0 Å². The lowest BCUT2D eigenvalue weighted by Crippen LogP contribution is -2.12. The van der Waals surface area contributed by atoms with Crippen molar-refractivity contribution in [3.05, 3.63) is 53.0 Å². The van der Waals surface area contributed by atoms with Crippen LogP contribution in [0.4, 0.5) is 11.4 Å². The second kappa shape index (κ2) is 4.93. The van der Waals surface area contributed by atoms with E-state index in [2.05, 4.69) is 31.3 Å². The molecule has 100 valence electrons. The zero-order valence-electron chi connectivity index (χ0n) is 10.2. The highest BCUT2D eigenvalue weighted by atomic mass is 79.9. The van der Waals surface area contributed by atoms with Crippen molar-refractivity contribution in [2.45, 2.75) is 0 Å². The van der Waals surface area contributed by atoms with E-state index in [-0.39, 0.29) is 5.91 Å². The number of fused-ring (bicyclic) bond motifs is 1. The molecule has 6 nitrogen and oxygen atoms in total. The van der Waals surface area contributed by atoms with Crippen molar-refractivity contribution < 1.29 is 4.79 Å². The molecular formula is C13H10BrN5O. The van der Waals surface area contributed by atoms with Crippen LogP contribution in [0, 0.1) is 0 Å². The molecule has 3 N–H and O–H groups in total. The molecule has 1 amide bonds. The number of halogens is 1. The molecule has 0 fully saturated rings. The summed E-state index contributed by atoms with van der Waals surface area (Å²) in [7, 11) is 0. The van der Waals surface area contributed by atoms with Crippen LogP contribution in [0.3, 0.4) is 0 Å². The molecule has 0 atom stereocenters. The van der Waals surface area contributed by atoms with Crippen molar-refractivity contribution in [1.82, 2.24) is 14.6 Å². The predicted molar refractivity (Wildman–Crippen MR) is 79.5 cm³/mol. The monoisotopic (exact) mass is 331 g/mol. The Morgan fingerprint density at radius 1 is 1.35 bits per heavy atom. The SMILES string of the molecule is Nc1ccc(NC(=O)c2cnn3ccncc23)c(Br)c1. The Morgan fingerprint density at radius 3 is 3.00 bits per heavy atom. The second-order valence-electron chi connectivity index (χ2n) is 4.16. The Morgan fingerprint density at radius 2 is 2.20 bits per heavy atom. The van der Waals surface area contributed by atoms with Gasteiger partial charge in [-0.15, -0.1) is 0 Å². The maximum Gasteiger partial charge on any atom is 0.259 e. The van der Waals surface area contributed by atoms with Crippen molar-refractivity contribution >= 4 is 38.7 Å². The molecule has 0 saturated carbocycles. The number of carbonyl (C=O) groups is 1. The highest BCUT2D eigenvalue weighted by molar-refractivity contribution is 9.10. The van der Waals surface area contributed by atoms with Crippen LogP contribution in [0.15, 0.2) is 47.5 Å². The standard InChI is InChI=1S/C13H10BrN5O/c14-10-5-8(15)1-2-11(10)18-13(20)9-6-17-19-4-3-16-7-12(9)19/h1-7H,15H2,(H,18,20). The third kappa shape index (κ3) is 2.23. The van der Waals surface area contributed by atoms with Crippen LogP contribution >= 0.6 is 15.9 Å². The quantitative estimate of drug-likeness (QED) is 0.705. The van der Waals surface area contributed by atoms with Crippen molar-refractivity contribution in [2.75, 3.05) is 11.1 Å². The average molecular weight is 332 g/mol. The number of nitrogens with zero attached hydrogens (tertiary/aromatic N) is 3. The molecule has 7 heteroatoms. The molecule has 2 aromatic heterocycles. The van der Waals surface area contributed by atoms with Gasteiger partial charge < -0.3 is 11.1 Å². The first-order valence-corrected chi connectivity index (χ1v) is 6.58. The number of nitrogen functional groups attached to an aromatic ring is 1. The van der Waals surface area contributed by atoms with Crippen LogP contribution in [0.25, 0.3) is 5.52 Å². The molecule has 0 spiro atoms. The third-order valence-electron chi connectivity index (χ3n) is 2.81. The Kier molecular flexibility index (Phi) is 3.11. The smallest absolute Gasteiger partial charge is 0.259 e. The number of carbonyl (C=O) groups excluding carboxylic acids is 1. The van der Waals surface area contributed by atoms with E-state index in [0.717, 1.165) is 4.47 Å². The topological polar surface area (TPSA) is 85.3 Å². The van der Waals surface area contributed by atoms with E-state index in [4.69, 9.17) is 5.73 Å². The number of hydrogen-bond donors (Lipinski definition) is 2. The lowest BCUT2D eigenvalue weighted by atomic mass is 10.2. The zero-order valence-corrected chi connectivity index (χ0v) is 11.8. The fourth-order valence-electron chi connectivity index (χ4n) is 1.83. The normalized spacial score (nSPS) is 10.7. The summed E-state index contributed by atoms with van der Waals surface area (Å²) in [5, 5.41) is 6.91. The van der Waals surface area contributed by atoms with E-state index in [9.17, 15) is 4.79 Å². The average Bonchev–Trinajstić information content (AvgIpc) is 2.86. The lowest BCUT2D eigenvalue weighted by Gasteiger charge is -2.07. The molecule has 0 unspecified atom stereocenters. The van der Waals surface area contributed by atoms with Gasteiger partial charge in [-0.3, -0.25) is 9.78 Å². The molecule has 0 aliphatic carbocycles. The van der Waals surface area contributed by atoms with Crippen molar-refractivity contribution in [3.63, 3.8) is 0 Å². The van der Waals surface area contributed by atoms with Gasteiger partial charge in [-0.1, -0.05) is 0 Å². The molecule has 0 radical (unpaired) electrons. The number of rotatable bonds is 2. The van der Waals surface area contributed by atoms with Crippen LogP contribution in [-0.4, -0.2) is 20.5 Å². The molecule has 20 heavy (non-hydrogen) atoms.